The van der Waals surface area contributed by atoms with Crippen LogP contribution in [-0.2, 0) is 16.6 Å². The minimum Gasteiger partial charge on any atom is -0.278 e. The number of thiazole rings is 1. The molecular formula is C25H24N4O3S2. The van der Waals surface area contributed by atoms with E-state index >= 15 is 0 Å². The smallest absolute Gasteiger partial charge is 0.260 e. The number of hydrogen-bond donors (Lipinski definition) is 0. The third-order valence-corrected chi connectivity index (χ3v) is 8.94. The fraction of sp³-hybridized carbons (Fsp3) is 0.240. The highest BCUT2D eigenvalue weighted by Crippen LogP contribution is 2.33. The van der Waals surface area contributed by atoms with Gasteiger partial charge in [-0.2, -0.15) is 4.31 Å². The number of carbonyl (C=O) groups is 1. The largest absolute Gasteiger partial charge is 0.278 e. The zero-order chi connectivity index (χ0) is 23.9. The van der Waals surface area contributed by atoms with Crippen molar-refractivity contribution in [2.24, 2.45) is 0 Å². The van der Waals surface area contributed by atoms with Crippen LogP contribution in [0.3, 0.4) is 0 Å². The monoisotopic (exact) mass is 492 g/mol. The lowest BCUT2D eigenvalue weighted by Crippen LogP contribution is -2.31. The van der Waals surface area contributed by atoms with Gasteiger partial charge in [-0.3, -0.25) is 14.7 Å². The summed E-state index contributed by atoms with van der Waals surface area (Å²) < 4.78 is 28.1. The van der Waals surface area contributed by atoms with Crippen molar-refractivity contribution in [3.63, 3.8) is 0 Å². The molecule has 7 nitrogen and oxygen atoms in total. The van der Waals surface area contributed by atoms with Crippen molar-refractivity contribution in [2.45, 2.75) is 37.2 Å². The summed E-state index contributed by atoms with van der Waals surface area (Å²) in [6, 6.07) is 17.7. The van der Waals surface area contributed by atoms with E-state index in [-0.39, 0.29) is 23.4 Å². The SMILES string of the molecule is Cc1cccc2sc(N(Cc3ccccn3)C(=O)c3ccc(S(=O)(=O)N(C)C4CC4)cc3)nc12. The second-order valence-corrected chi connectivity index (χ2v) is 11.4. The van der Waals surface area contributed by atoms with Crippen molar-refractivity contribution in [2.75, 3.05) is 11.9 Å². The topological polar surface area (TPSA) is 83.5 Å². The van der Waals surface area contributed by atoms with E-state index in [4.69, 9.17) is 4.98 Å². The molecule has 1 aliphatic rings. The molecule has 0 aliphatic heterocycles. The molecule has 0 unspecified atom stereocenters. The number of sulfonamides is 1. The number of anilines is 1. The first-order chi connectivity index (χ1) is 16.3. The number of aromatic nitrogens is 2. The van der Waals surface area contributed by atoms with E-state index in [2.05, 4.69) is 4.98 Å². The van der Waals surface area contributed by atoms with Crippen molar-refractivity contribution in [1.82, 2.24) is 14.3 Å². The Labute approximate surface area is 202 Å². The maximum absolute atomic E-state index is 13.6. The molecule has 5 rings (SSSR count). The summed E-state index contributed by atoms with van der Waals surface area (Å²) in [5.74, 6) is -0.262. The molecule has 174 valence electrons. The third kappa shape index (κ3) is 4.34. The van der Waals surface area contributed by atoms with Crippen molar-refractivity contribution in [1.29, 1.82) is 0 Å². The van der Waals surface area contributed by atoms with E-state index < -0.39 is 10.0 Å². The Morgan fingerprint density at radius 2 is 1.82 bits per heavy atom. The van der Waals surface area contributed by atoms with Crippen molar-refractivity contribution in [3.8, 4) is 0 Å². The van der Waals surface area contributed by atoms with Crippen LogP contribution in [0.5, 0.6) is 0 Å². The summed E-state index contributed by atoms with van der Waals surface area (Å²) in [4.78, 5) is 24.6. The number of carbonyl (C=O) groups excluding carboxylic acids is 1. The van der Waals surface area contributed by atoms with Gasteiger partial charge in [-0.05, 0) is 67.8 Å². The molecule has 1 fully saturated rings. The van der Waals surface area contributed by atoms with Gasteiger partial charge in [-0.15, -0.1) is 0 Å². The highest BCUT2D eigenvalue weighted by atomic mass is 32.2. The molecule has 2 aromatic heterocycles. The number of hydrogen-bond acceptors (Lipinski definition) is 6. The van der Waals surface area contributed by atoms with E-state index in [1.54, 1.807) is 30.3 Å². The standard InChI is InChI=1S/C25H24N4O3S2/c1-17-6-5-8-22-23(17)27-25(33-22)29(16-19-7-3-4-15-26-19)24(30)18-9-13-21(14-10-18)34(31,32)28(2)20-11-12-20/h3-10,13-15,20H,11-12,16H2,1-2H3. The maximum atomic E-state index is 13.6. The molecule has 0 spiro atoms. The van der Waals surface area contributed by atoms with Crippen LogP contribution >= 0.6 is 11.3 Å². The average Bonchev–Trinajstić information content (AvgIpc) is 3.61. The molecule has 0 N–H and O–H groups in total. The van der Waals surface area contributed by atoms with Gasteiger partial charge in [0, 0.05) is 24.8 Å². The minimum absolute atomic E-state index is 0.0719. The van der Waals surface area contributed by atoms with Crippen molar-refractivity contribution < 1.29 is 13.2 Å². The maximum Gasteiger partial charge on any atom is 0.260 e. The lowest BCUT2D eigenvalue weighted by atomic mass is 10.2. The van der Waals surface area contributed by atoms with Crippen LogP contribution < -0.4 is 4.90 Å². The summed E-state index contributed by atoms with van der Waals surface area (Å²) in [5, 5.41) is 0.574. The number of fused-ring (bicyclic) bond motifs is 1. The summed E-state index contributed by atoms with van der Waals surface area (Å²) in [6.45, 7) is 2.25. The zero-order valence-corrected chi connectivity index (χ0v) is 20.5. The lowest BCUT2D eigenvalue weighted by molar-refractivity contribution is 0.0984. The molecule has 1 amide bonds. The Kier molecular flexibility index (Phi) is 5.93. The average molecular weight is 493 g/mol. The molecule has 0 radical (unpaired) electrons. The second-order valence-electron chi connectivity index (χ2n) is 8.41. The third-order valence-electron chi connectivity index (χ3n) is 5.97. The molecule has 0 atom stereocenters. The van der Waals surface area contributed by atoms with Crippen LogP contribution in [0.1, 0.15) is 34.5 Å². The fourth-order valence-corrected chi connectivity index (χ4v) is 6.25. The molecule has 2 heterocycles. The normalized spacial score (nSPS) is 14.0. The first kappa shape index (κ1) is 22.6. The van der Waals surface area contributed by atoms with E-state index in [1.807, 2.05) is 43.3 Å². The predicted molar refractivity (Wildman–Crippen MR) is 134 cm³/mol. The number of rotatable bonds is 7. The van der Waals surface area contributed by atoms with Gasteiger partial charge in [0.25, 0.3) is 5.91 Å². The van der Waals surface area contributed by atoms with Gasteiger partial charge in [-0.25, -0.2) is 13.4 Å². The van der Waals surface area contributed by atoms with Crippen LogP contribution in [0.2, 0.25) is 0 Å². The van der Waals surface area contributed by atoms with E-state index in [0.29, 0.717) is 10.7 Å². The predicted octanol–water partition coefficient (Wildman–Crippen LogP) is 4.63. The highest BCUT2D eigenvalue weighted by molar-refractivity contribution is 7.89. The minimum atomic E-state index is -3.57. The molecule has 34 heavy (non-hydrogen) atoms. The van der Waals surface area contributed by atoms with Crippen LogP contribution in [0, 0.1) is 6.92 Å². The van der Waals surface area contributed by atoms with Crippen LogP contribution in [-0.4, -0.2) is 41.7 Å². The quantitative estimate of drug-likeness (QED) is 0.376. The van der Waals surface area contributed by atoms with Gasteiger partial charge in [0.2, 0.25) is 10.0 Å². The fourth-order valence-electron chi connectivity index (χ4n) is 3.80. The Hall–Kier alpha value is -3.14. The Bertz CT molecular complexity index is 1450. The van der Waals surface area contributed by atoms with Crippen LogP contribution in [0.4, 0.5) is 5.13 Å². The van der Waals surface area contributed by atoms with Gasteiger partial charge in [0.15, 0.2) is 5.13 Å². The Balaban J connectivity index is 1.49. The molecule has 0 saturated heterocycles. The number of aryl methyl sites for hydroxylation is 1. The summed E-state index contributed by atoms with van der Waals surface area (Å²) >= 11 is 1.45. The first-order valence-electron chi connectivity index (χ1n) is 11.0. The number of nitrogens with zero attached hydrogens (tertiary/aromatic N) is 4. The first-order valence-corrected chi connectivity index (χ1v) is 13.3. The van der Waals surface area contributed by atoms with Gasteiger partial charge < -0.3 is 0 Å². The number of pyridine rings is 1. The van der Waals surface area contributed by atoms with E-state index in [9.17, 15) is 13.2 Å². The second kappa shape index (κ2) is 8.90. The lowest BCUT2D eigenvalue weighted by Gasteiger charge is -2.20. The Morgan fingerprint density at radius 3 is 2.47 bits per heavy atom. The van der Waals surface area contributed by atoms with Gasteiger partial charge >= 0.3 is 0 Å². The summed E-state index contributed by atoms with van der Waals surface area (Å²) in [5.41, 5.74) is 3.03. The summed E-state index contributed by atoms with van der Waals surface area (Å²) in [6.07, 6.45) is 3.46. The van der Waals surface area contributed by atoms with E-state index in [1.165, 1.54) is 27.8 Å². The molecule has 0 bridgehead atoms. The number of para-hydroxylation sites is 1. The molecule has 1 saturated carbocycles. The van der Waals surface area contributed by atoms with E-state index in [0.717, 1.165) is 34.3 Å². The van der Waals surface area contributed by atoms with Gasteiger partial charge in [-0.1, -0.05) is 29.5 Å². The van der Waals surface area contributed by atoms with Crippen molar-refractivity contribution in [3.05, 3.63) is 83.7 Å². The van der Waals surface area contributed by atoms with Crippen LogP contribution in [0.25, 0.3) is 10.2 Å². The Morgan fingerprint density at radius 1 is 1.06 bits per heavy atom. The van der Waals surface area contributed by atoms with Crippen molar-refractivity contribution >= 4 is 42.6 Å². The van der Waals surface area contributed by atoms with Gasteiger partial charge in [0.1, 0.15) is 0 Å². The van der Waals surface area contributed by atoms with Crippen LogP contribution in [0.15, 0.2) is 71.8 Å². The summed E-state index contributed by atoms with van der Waals surface area (Å²) in [7, 11) is -1.97. The van der Waals surface area contributed by atoms with Gasteiger partial charge in [0.05, 0.1) is 27.4 Å². The highest BCUT2D eigenvalue weighted by Gasteiger charge is 2.35. The molecular weight excluding hydrogens is 468 g/mol. The molecule has 9 heteroatoms. The zero-order valence-electron chi connectivity index (χ0n) is 18.9. The molecule has 1 aliphatic carbocycles. The number of benzene rings is 2. The molecule has 4 aromatic rings. The molecule has 2 aromatic carbocycles. The number of amides is 1.